The highest BCUT2D eigenvalue weighted by Crippen LogP contribution is 2.36. The molecule has 2 aliphatic heterocycles. The lowest BCUT2D eigenvalue weighted by molar-refractivity contribution is -0.152. The van der Waals surface area contributed by atoms with Crippen LogP contribution in [-0.2, 0) is 4.79 Å². The zero-order chi connectivity index (χ0) is 15.3. The van der Waals surface area contributed by atoms with Crippen molar-refractivity contribution in [1.82, 2.24) is 10.2 Å². The van der Waals surface area contributed by atoms with Crippen LogP contribution in [-0.4, -0.2) is 52.6 Å². The normalized spacial score (nSPS) is 25.4. The first-order valence-corrected chi connectivity index (χ1v) is 9.09. The average molecular weight is 314 g/mol. The number of piperidine rings is 1. The van der Waals surface area contributed by atoms with E-state index in [4.69, 9.17) is 0 Å². The van der Waals surface area contributed by atoms with E-state index in [1.165, 1.54) is 5.75 Å². The molecular weight excluding hydrogens is 288 g/mol. The lowest BCUT2D eigenvalue weighted by Crippen LogP contribution is -2.52. The van der Waals surface area contributed by atoms with Gasteiger partial charge in [-0.25, -0.2) is 4.79 Å². The first kappa shape index (κ1) is 16.5. The first-order valence-electron chi connectivity index (χ1n) is 7.94. The Labute approximate surface area is 130 Å². The summed E-state index contributed by atoms with van der Waals surface area (Å²) in [5.41, 5.74) is -0.619. The Morgan fingerprint density at radius 1 is 1.38 bits per heavy atom. The molecule has 2 rings (SSSR count). The van der Waals surface area contributed by atoms with E-state index in [9.17, 15) is 14.7 Å². The SMILES string of the molecule is CCCC1(C(=O)O)CCN(C(=O)NC2CCCSC2)CC1. The van der Waals surface area contributed by atoms with Crippen molar-refractivity contribution in [3.63, 3.8) is 0 Å². The average Bonchev–Trinajstić information content (AvgIpc) is 2.49. The predicted octanol–water partition coefficient (Wildman–Crippen LogP) is 2.56. The first-order chi connectivity index (χ1) is 10.1. The molecule has 120 valence electrons. The number of amides is 2. The summed E-state index contributed by atoms with van der Waals surface area (Å²) in [6.07, 6.45) is 4.94. The molecule has 0 aliphatic carbocycles. The van der Waals surface area contributed by atoms with Crippen molar-refractivity contribution in [3.05, 3.63) is 0 Å². The quantitative estimate of drug-likeness (QED) is 0.837. The van der Waals surface area contributed by atoms with Crippen LogP contribution in [0.25, 0.3) is 0 Å². The van der Waals surface area contributed by atoms with Gasteiger partial charge in [-0.15, -0.1) is 0 Å². The monoisotopic (exact) mass is 314 g/mol. The summed E-state index contributed by atoms with van der Waals surface area (Å²) >= 11 is 1.89. The van der Waals surface area contributed by atoms with Gasteiger partial charge in [0.25, 0.3) is 0 Å². The van der Waals surface area contributed by atoms with Crippen molar-refractivity contribution in [2.24, 2.45) is 5.41 Å². The number of hydrogen-bond donors (Lipinski definition) is 2. The van der Waals surface area contributed by atoms with Crippen LogP contribution in [0.4, 0.5) is 4.79 Å². The van der Waals surface area contributed by atoms with E-state index in [1.54, 1.807) is 4.90 Å². The van der Waals surface area contributed by atoms with E-state index in [-0.39, 0.29) is 12.1 Å². The Morgan fingerprint density at radius 3 is 2.62 bits per heavy atom. The maximum absolute atomic E-state index is 12.3. The summed E-state index contributed by atoms with van der Waals surface area (Å²) in [7, 11) is 0. The van der Waals surface area contributed by atoms with Gasteiger partial charge in [0.15, 0.2) is 0 Å². The third-order valence-electron chi connectivity index (χ3n) is 4.68. The van der Waals surface area contributed by atoms with E-state index in [0.717, 1.165) is 25.0 Å². The Morgan fingerprint density at radius 2 is 2.10 bits per heavy atom. The summed E-state index contributed by atoms with van der Waals surface area (Å²) in [4.78, 5) is 25.6. The molecule has 6 heteroatoms. The summed E-state index contributed by atoms with van der Waals surface area (Å²) in [5.74, 6) is 1.48. The molecule has 0 spiro atoms. The molecule has 1 unspecified atom stereocenters. The minimum atomic E-state index is -0.701. The van der Waals surface area contributed by atoms with Gasteiger partial charge in [0.1, 0.15) is 0 Å². The molecule has 21 heavy (non-hydrogen) atoms. The smallest absolute Gasteiger partial charge is 0.317 e. The fraction of sp³-hybridized carbons (Fsp3) is 0.867. The van der Waals surface area contributed by atoms with Gasteiger partial charge in [0, 0.05) is 24.9 Å². The van der Waals surface area contributed by atoms with Crippen molar-refractivity contribution >= 4 is 23.8 Å². The minimum Gasteiger partial charge on any atom is -0.481 e. The maximum atomic E-state index is 12.3. The van der Waals surface area contributed by atoms with Crippen LogP contribution in [0.15, 0.2) is 0 Å². The Kier molecular flexibility index (Phi) is 5.79. The highest BCUT2D eigenvalue weighted by molar-refractivity contribution is 7.99. The van der Waals surface area contributed by atoms with Crippen LogP contribution in [0.1, 0.15) is 45.4 Å². The summed E-state index contributed by atoms with van der Waals surface area (Å²) < 4.78 is 0. The molecule has 0 aromatic carbocycles. The predicted molar refractivity (Wildman–Crippen MR) is 84.7 cm³/mol. The fourth-order valence-electron chi connectivity index (χ4n) is 3.31. The number of nitrogens with zero attached hydrogens (tertiary/aromatic N) is 1. The molecule has 2 N–H and O–H groups in total. The summed E-state index contributed by atoms with van der Waals surface area (Å²) in [6.45, 7) is 3.13. The highest BCUT2D eigenvalue weighted by Gasteiger charge is 2.41. The zero-order valence-corrected chi connectivity index (χ0v) is 13.6. The molecule has 2 saturated heterocycles. The third kappa shape index (κ3) is 4.05. The molecule has 2 fully saturated rings. The molecule has 0 aromatic heterocycles. The topological polar surface area (TPSA) is 69.6 Å². The largest absolute Gasteiger partial charge is 0.481 e. The van der Waals surface area contributed by atoms with Crippen LogP contribution in [0, 0.1) is 5.41 Å². The van der Waals surface area contributed by atoms with Crippen LogP contribution in [0.3, 0.4) is 0 Å². The molecule has 5 nitrogen and oxygen atoms in total. The van der Waals surface area contributed by atoms with Crippen LogP contribution in [0.2, 0.25) is 0 Å². The number of thioether (sulfide) groups is 1. The second-order valence-corrected chi connectivity index (χ2v) is 7.34. The summed E-state index contributed by atoms with van der Waals surface area (Å²) in [5, 5.41) is 12.6. The van der Waals surface area contributed by atoms with Gasteiger partial charge in [-0.2, -0.15) is 11.8 Å². The van der Waals surface area contributed by atoms with Crippen LogP contribution < -0.4 is 5.32 Å². The van der Waals surface area contributed by atoms with E-state index in [0.29, 0.717) is 32.4 Å². The minimum absolute atomic E-state index is 0.0158. The van der Waals surface area contributed by atoms with Crippen molar-refractivity contribution in [2.45, 2.75) is 51.5 Å². The van der Waals surface area contributed by atoms with Gasteiger partial charge in [0.2, 0.25) is 0 Å². The van der Waals surface area contributed by atoms with Crippen molar-refractivity contribution in [3.8, 4) is 0 Å². The van der Waals surface area contributed by atoms with Gasteiger partial charge in [-0.1, -0.05) is 13.3 Å². The molecule has 2 amide bonds. The van der Waals surface area contributed by atoms with Gasteiger partial charge in [-0.3, -0.25) is 4.79 Å². The number of urea groups is 1. The number of carbonyl (C=O) groups is 2. The number of carboxylic acid groups (broad SMARTS) is 1. The molecule has 0 aromatic rings. The van der Waals surface area contributed by atoms with Crippen LogP contribution >= 0.6 is 11.8 Å². The van der Waals surface area contributed by atoms with Crippen molar-refractivity contribution < 1.29 is 14.7 Å². The molecule has 0 bridgehead atoms. The number of nitrogens with one attached hydrogen (secondary N) is 1. The van der Waals surface area contributed by atoms with E-state index in [1.807, 2.05) is 18.7 Å². The second kappa shape index (κ2) is 7.38. The fourth-order valence-corrected chi connectivity index (χ4v) is 4.38. The number of hydrogen-bond acceptors (Lipinski definition) is 3. The number of aliphatic carboxylic acids is 1. The van der Waals surface area contributed by atoms with Crippen molar-refractivity contribution in [1.29, 1.82) is 0 Å². The van der Waals surface area contributed by atoms with E-state index < -0.39 is 11.4 Å². The number of carboxylic acids is 1. The second-order valence-electron chi connectivity index (χ2n) is 6.19. The lowest BCUT2D eigenvalue weighted by atomic mass is 9.75. The molecule has 2 heterocycles. The van der Waals surface area contributed by atoms with Crippen LogP contribution in [0.5, 0.6) is 0 Å². The molecule has 2 aliphatic rings. The van der Waals surface area contributed by atoms with Gasteiger partial charge in [-0.05, 0) is 37.9 Å². The number of likely N-dealkylation sites (tertiary alicyclic amines) is 1. The molecule has 0 saturated carbocycles. The van der Waals surface area contributed by atoms with Gasteiger partial charge >= 0.3 is 12.0 Å². The Bertz CT molecular complexity index is 375. The van der Waals surface area contributed by atoms with Gasteiger partial charge in [0.05, 0.1) is 5.41 Å². The maximum Gasteiger partial charge on any atom is 0.317 e. The van der Waals surface area contributed by atoms with Gasteiger partial charge < -0.3 is 15.3 Å². The molecule has 0 radical (unpaired) electrons. The van der Waals surface area contributed by atoms with Crippen molar-refractivity contribution in [2.75, 3.05) is 24.6 Å². The molecular formula is C15H26N2O3S. The summed E-state index contributed by atoms with van der Waals surface area (Å²) in [6, 6.07) is 0.260. The lowest BCUT2D eigenvalue weighted by Gasteiger charge is -2.39. The highest BCUT2D eigenvalue weighted by atomic mass is 32.2. The Balaban J connectivity index is 1.84. The zero-order valence-electron chi connectivity index (χ0n) is 12.8. The van der Waals surface area contributed by atoms with E-state index in [2.05, 4.69) is 5.32 Å². The standard InChI is InChI=1S/C15H26N2O3S/c1-2-5-15(13(18)19)6-8-17(9-7-15)14(20)16-12-4-3-10-21-11-12/h12H,2-11H2,1H3,(H,16,20)(H,18,19). The Hall–Kier alpha value is -0.910. The number of rotatable bonds is 4. The third-order valence-corrected chi connectivity index (χ3v) is 5.89. The van der Waals surface area contributed by atoms with E-state index >= 15 is 0 Å². The number of carbonyl (C=O) groups excluding carboxylic acids is 1. The molecule has 1 atom stereocenters.